The summed E-state index contributed by atoms with van der Waals surface area (Å²) in [5, 5.41) is 11.2. The fourth-order valence-electron chi connectivity index (χ4n) is 1.05. The molecule has 0 saturated heterocycles. The van der Waals surface area contributed by atoms with Crippen LogP contribution in [-0.2, 0) is 0 Å². The van der Waals surface area contributed by atoms with Crippen molar-refractivity contribution < 1.29 is 9.90 Å². The zero-order valence-electron chi connectivity index (χ0n) is 8.17. The van der Waals surface area contributed by atoms with Gasteiger partial charge in [0.05, 0.1) is 0 Å². The maximum absolute atomic E-state index is 10.4. The van der Waals surface area contributed by atoms with Crippen LogP contribution in [0.2, 0.25) is 5.02 Å². The van der Waals surface area contributed by atoms with E-state index in [-0.39, 0.29) is 0 Å². The van der Waals surface area contributed by atoms with Crippen LogP contribution in [0.25, 0.3) is 0 Å². The maximum atomic E-state index is 10.4. The average Bonchev–Trinajstić information content (AvgIpc) is 2.12. The first-order valence-corrected chi connectivity index (χ1v) is 4.79. The normalized spacial score (nSPS) is 8.93. The third kappa shape index (κ3) is 3.92. The Bertz CT molecular complexity index is 432. The average molecular weight is 224 g/mol. The van der Waals surface area contributed by atoms with Gasteiger partial charge in [-0.05, 0) is 18.2 Å². The second kappa shape index (κ2) is 5.28. The Hall–Kier alpha value is -1.66. The number of hydrogen-bond acceptors (Lipinski definition) is 1. The van der Waals surface area contributed by atoms with Crippen molar-refractivity contribution in [1.82, 2.24) is 0 Å². The van der Waals surface area contributed by atoms with E-state index in [4.69, 9.17) is 16.7 Å². The molecule has 0 atom stereocenters. The first kappa shape index (κ1) is 11.4. The molecule has 0 radical (unpaired) electrons. The fourth-order valence-corrected chi connectivity index (χ4v) is 1.28. The molecule has 1 rings (SSSR count). The first-order chi connectivity index (χ1) is 7.11. The molecule has 0 unspecified atom stereocenters. The van der Waals surface area contributed by atoms with Crippen LogP contribution in [0.3, 0.4) is 0 Å². The summed E-state index contributed by atoms with van der Waals surface area (Å²) in [6.45, 7) is 1.94. The molecule has 1 aromatic carbocycles. The number of anilines is 1. The van der Waals surface area contributed by atoms with Gasteiger partial charge < -0.3 is 5.11 Å². The number of carboxylic acid groups (broad SMARTS) is 1. The summed E-state index contributed by atoms with van der Waals surface area (Å²) >= 11 is 5.81. The molecule has 0 bridgehead atoms. The maximum Gasteiger partial charge on any atom is 0.409 e. The summed E-state index contributed by atoms with van der Waals surface area (Å²) in [5.74, 6) is 5.77. The number of hydrogen-bond donors (Lipinski definition) is 2. The van der Waals surface area contributed by atoms with Gasteiger partial charge in [-0.2, -0.15) is 0 Å². The lowest BCUT2D eigenvalue weighted by Gasteiger charge is -2.02. The highest BCUT2D eigenvalue weighted by Gasteiger charge is 2.00. The predicted molar refractivity (Wildman–Crippen MR) is 60.3 cm³/mol. The number of nitrogens with one attached hydrogen (secondary N) is 1. The van der Waals surface area contributed by atoms with Crippen molar-refractivity contribution in [2.24, 2.45) is 0 Å². The molecule has 3 nitrogen and oxygen atoms in total. The van der Waals surface area contributed by atoms with Gasteiger partial charge in [0.25, 0.3) is 0 Å². The monoisotopic (exact) mass is 223 g/mol. The lowest BCUT2D eigenvalue weighted by Crippen LogP contribution is -2.07. The quantitative estimate of drug-likeness (QED) is 0.719. The summed E-state index contributed by atoms with van der Waals surface area (Å²) < 4.78 is 0. The molecular weight excluding hydrogens is 214 g/mol. The lowest BCUT2D eigenvalue weighted by atomic mass is 10.2. The standard InChI is InChI=1S/C11H10ClNO2/c1-2-3-4-8-5-9(12)7-10(6-8)13-11(14)15/h5-7,13H,2H2,1H3,(H,14,15). The molecule has 78 valence electrons. The Balaban J connectivity index is 2.99. The highest BCUT2D eigenvalue weighted by molar-refractivity contribution is 6.31. The van der Waals surface area contributed by atoms with Crippen LogP contribution in [-0.4, -0.2) is 11.2 Å². The highest BCUT2D eigenvalue weighted by atomic mass is 35.5. The largest absolute Gasteiger partial charge is 0.465 e. The van der Waals surface area contributed by atoms with E-state index < -0.39 is 6.09 Å². The van der Waals surface area contributed by atoms with Gasteiger partial charge in [0.15, 0.2) is 0 Å². The zero-order valence-corrected chi connectivity index (χ0v) is 8.93. The SMILES string of the molecule is CCC#Cc1cc(Cl)cc(NC(=O)O)c1. The minimum atomic E-state index is -1.12. The Kier molecular flexibility index (Phi) is 4.02. The second-order valence-corrected chi connectivity index (χ2v) is 3.25. The zero-order chi connectivity index (χ0) is 11.3. The molecule has 0 aromatic heterocycles. The summed E-state index contributed by atoms with van der Waals surface area (Å²) in [6.07, 6.45) is -0.375. The van der Waals surface area contributed by atoms with E-state index in [2.05, 4.69) is 17.2 Å². The highest BCUT2D eigenvalue weighted by Crippen LogP contribution is 2.18. The van der Waals surface area contributed by atoms with E-state index >= 15 is 0 Å². The molecule has 0 spiro atoms. The molecule has 2 N–H and O–H groups in total. The van der Waals surface area contributed by atoms with Crippen LogP contribution in [0, 0.1) is 11.8 Å². The third-order valence-electron chi connectivity index (χ3n) is 1.56. The van der Waals surface area contributed by atoms with E-state index in [9.17, 15) is 4.79 Å². The summed E-state index contributed by atoms with van der Waals surface area (Å²) in [7, 11) is 0. The summed E-state index contributed by atoms with van der Waals surface area (Å²) in [4.78, 5) is 10.4. The molecule has 15 heavy (non-hydrogen) atoms. The smallest absolute Gasteiger partial charge is 0.409 e. The van der Waals surface area contributed by atoms with Crippen molar-refractivity contribution >= 4 is 23.4 Å². The third-order valence-corrected chi connectivity index (χ3v) is 1.78. The number of benzene rings is 1. The predicted octanol–water partition coefficient (Wildman–Crippen LogP) is 3.19. The molecule has 0 saturated carbocycles. The second-order valence-electron chi connectivity index (χ2n) is 2.81. The topological polar surface area (TPSA) is 49.3 Å². The molecule has 4 heteroatoms. The molecule has 0 aliphatic carbocycles. The minimum Gasteiger partial charge on any atom is -0.465 e. The lowest BCUT2D eigenvalue weighted by molar-refractivity contribution is 0.210. The Labute approximate surface area is 93.1 Å². The van der Waals surface area contributed by atoms with Crippen LogP contribution >= 0.6 is 11.6 Å². The Morgan fingerprint density at radius 2 is 2.27 bits per heavy atom. The van der Waals surface area contributed by atoms with Gasteiger partial charge in [0.2, 0.25) is 0 Å². The van der Waals surface area contributed by atoms with Gasteiger partial charge in [-0.15, -0.1) is 0 Å². The van der Waals surface area contributed by atoms with Crippen molar-refractivity contribution in [3.05, 3.63) is 28.8 Å². The molecule has 1 aromatic rings. The number of halogens is 1. The van der Waals surface area contributed by atoms with Gasteiger partial charge in [0.1, 0.15) is 0 Å². The van der Waals surface area contributed by atoms with Crippen LogP contribution < -0.4 is 5.32 Å². The van der Waals surface area contributed by atoms with Crippen molar-refractivity contribution in [2.75, 3.05) is 5.32 Å². The van der Waals surface area contributed by atoms with E-state index in [1.165, 1.54) is 6.07 Å². The van der Waals surface area contributed by atoms with Gasteiger partial charge in [-0.25, -0.2) is 4.79 Å². The van der Waals surface area contributed by atoms with Crippen molar-refractivity contribution in [3.8, 4) is 11.8 Å². The fraction of sp³-hybridized carbons (Fsp3) is 0.182. The molecule has 1 amide bonds. The molecule has 0 aliphatic rings. The van der Waals surface area contributed by atoms with Crippen LogP contribution in [0.1, 0.15) is 18.9 Å². The molecular formula is C11H10ClNO2. The molecule has 0 fully saturated rings. The van der Waals surface area contributed by atoms with Crippen molar-refractivity contribution in [2.45, 2.75) is 13.3 Å². The Morgan fingerprint density at radius 1 is 1.53 bits per heavy atom. The van der Waals surface area contributed by atoms with E-state index in [0.717, 1.165) is 6.42 Å². The van der Waals surface area contributed by atoms with Gasteiger partial charge in [-0.1, -0.05) is 30.4 Å². The van der Waals surface area contributed by atoms with Crippen molar-refractivity contribution in [1.29, 1.82) is 0 Å². The number of amides is 1. The first-order valence-electron chi connectivity index (χ1n) is 4.41. The minimum absolute atomic E-state index is 0.426. The van der Waals surface area contributed by atoms with Crippen LogP contribution in [0.15, 0.2) is 18.2 Å². The van der Waals surface area contributed by atoms with Gasteiger partial charge >= 0.3 is 6.09 Å². The van der Waals surface area contributed by atoms with Gasteiger partial charge in [-0.3, -0.25) is 5.32 Å². The molecule has 0 heterocycles. The number of rotatable bonds is 1. The summed E-state index contributed by atoms with van der Waals surface area (Å²) in [6, 6.07) is 4.87. The van der Waals surface area contributed by atoms with E-state index in [1.807, 2.05) is 6.92 Å². The summed E-state index contributed by atoms with van der Waals surface area (Å²) in [5.41, 5.74) is 1.13. The van der Waals surface area contributed by atoms with E-state index in [1.54, 1.807) is 12.1 Å². The van der Waals surface area contributed by atoms with Crippen LogP contribution in [0.4, 0.5) is 10.5 Å². The van der Waals surface area contributed by atoms with E-state index in [0.29, 0.717) is 16.3 Å². The molecule has 0 aliphatic heterocycles. The Morgan fingerprint density at radius 3 is 2.87 bits per heavy atom. The number of carbonyl (C=O) groups is 1. The van der Waals surface area contributed by atoms with Crippen LogP contribution in [0.5, 0.6) is 0 Å². The van der Waals surface area contributed by atoms with Crippen molar-refractivity contribution in [3.63, 3.8) is 0 Å². The van der Waals surface area contributed by atoms with Gasteiger partial charge in [0, 0.05) is 22.7 Å².